The summed E-state index contributed by atoms with van der Waals surface area (Å²) in [6.07, 6.45) is 2.47. The second-order valence-electron chi connectivity index (χ2n) is 5.10. The molecule has 4 heteroatoms. The van der Waals surface area contributed by atoms with Crippen LogP contribution < -0.4 is 5.73 Å². The molecule has 0 heterocycles. The number of hydrogen-bond acceptors (Lipinski definition) is 3. The van der Waals surface area contributed by atoms with Gasteiger partial charge in [-0.25, -0.2) is 0 Å². The van der Waals surface area contributed by atoms with Crippen LogP contribution in [0.5, 0.6) is 0 Å². The van der Waals surface area contributed by atoms with Crippen molar-refractivity contribution in [2.24, 2.45) is 17.6 Å². The first-order valence-corrected chi connectivity index (χ1v) is 6.44. The number of nitrogens with two attached hydrogens (primary N) is 1. The highest BCUT2D eigenvalue weighted by atomic mass is 16.5. The van der Waals surface area contributed by atoms with Gasteiger partial charge in [0.1, 0.15) is 0 Å². The van der Waals surface area contributed by atoms with Crippen molar-refractivity contribution < 1.29 is 9.53 Å². The normalized spacial score (nSPS) is 12.8. The van der Waals surface area contributed by atoms with Crippen LogP contribution in [0.3, 0.4) is 0 Å². The van der Waals surface area contributed by atoms with Gasteiger partial charge >= 0.3 is 0 Å². The summed E-state index contributed by atoms with van der Waals surface area (Å²) in [5.74, 6) is 1.10. The van der Waals surface area contributed by atoms with Crippen molar-refractivity contribution in [2.75, 3.05) is 33.9 Å². The quantitative estimate of drug-likeness (QED) is 0.625. The largest absolute Gasteiger partial charge is 0.385 e. The van der Waals surface area contributed by atoms with E-state index < -0.39 is 0 Å². The minimum Gasteiger partial charge on any atom is -0.385 e. The van der Waals surface area contributed by atoms with Crippen molar-refractivity contribution in [3.8, 4) is 0 Å². The average Bonchev–Trinajstić information content (AvgIpc) is 2.27. The highest BCUT2D eigenvalue weighted by Crippen LogP contribution is 2.15. The van der Waals surface area contributed by atoms with Gasteiger partial charge in [-0.05, 0) is 31.2 Å². The van der Waals surface area contributed by atoms with Gasteiger partial charge in [0.25, 0.3) is 0 Å². The minimum absolute atomic E-state index is 0.192. The van der Waals surface area contributed by atoms with Crippen molar-refractivity contribution in [1.82, 2.24) is 4.90 Å². The Kier molecular flexibility index (Phi) is 9.09. The lowest BCUT2D eigenvalue weighted by Gasteiger charge is -2.21. The number of amides is 1. The Labute approximate surface area is 105 Å². The van der Waals surface area contributed by atoms with Crippen LogP contribution in [0, 0.1) is 11.8 Å². The Balaban J connectivity index is 3.94. The molecule has 0 saturated carbocycles. The van der Waals surface area contributed by atoms with Gasteiger partial charge in [0.15, 0.2) is 0 Å². The van der Waals surface area contributed by atoms with Gasteiger partial charge in [0.2, 0.25) is 5.91 Å². The lowest BCUT2D eigenvalue weighted by molar-refractivity contribution is -0.131. The number of carbonyl (C=O) groups is 1. The zero-order valence-corrected chi connectivity index (χ0v) is 11.7. The van der Waals surface area contributed by atoms with Crippen LogP contribution in [0.4, 0.5) is 0 Å². The molecule has 0 spiro atoms. The molecular weight excluding hydrogens is 216 g/mol. The molecule has 0 saturated heterocycles. The number of hydrogen-bond donors (Lipinski definition) is 1. The van der Waals surface area contributed by atoms with Crippen LogP contribution in [-0.4, -0.2) is 44.7 Å². The first kappa shape index (κ1) is 16.4. The predicted octanol–water partition coefficient (Wildman–Crippen LogP) is 1.49. The predicted molar refractivity (Wildman–Crippen MR) is 70.7 cm³/mol. The fourth-order valence-corrected chi connectivity index (χ4v) is 1.90. The van der Waals surface area contributed by atoms with Gasteiger partial charge in [0, 0.05) is 33.7 Å². The van der Waals surface area contributed by atoms with E-state index in [1.165, 1.54) is 0 Å². The van der Waals surface area contributed by atoms with E-state index in [0.717, 1.165) is 19.4 Å². The van der Waals surface area contributed by atoms with E-state index in [4.69, 9.17) is 10.5 Å². The molecule has 0 aliphatic rings. The molecule has 2 N–H and O–H groups in total. The number of nitrogens with zero attached hydrogens (tertiary/aromatic N) is 1. The van der Waals surface area contributed by atoms with Crippen LogP contribution in [0.1, 0.15) is 33.1 Å². The number of rotatable bonds is 9. The lowest BCUT2D eigenvalue weighted by Crippen LogP contribution is -2.32. The number of ether oxygens (including phenoxy) is 1. The van der Waals surface area contributed by atoms with E-state index in [0.29, 0.717) is 31.4 Å². The van der Waals surface area contributed by atoms with Crippen LogP contribution in [0.2, 0.25) is 0 Å². The van der Waals surface area contributed by atoms with Gasteiger partial charge in [-0.15, -0.1) is 0 Å². The molecule has 17 heavy (non-hydrogen) atoms. The summed E-state index contributed by atoms with van der Waals surface area (Å²) < 4.78 is 4.97. The summed E-state index contributed by atoms with van der Waals surface area (Å²) in [7, 11) is 3.52. The highest BCUT2D eigenvalue weighted by molar-refractivity contribution is 5.76. The fraction of sp³-hybridized carbons (Fsp3) is 0.923. The summed E-state index contributed by atoms with van der Waals surface area (Å²) in [6, 6.07) is 0. The Hall–Kier alpha value is -0.610. The third-order valence-electron chi connectivity index (χ3n) is 2.87. The Morgan fingerprint density at radius 3 is 2.53 bits per heavy atom. The molecule has 0 aliphatic heterocycles. The summed E-state index contributed by atoms with van der Waals surface area (Å²) in [6.45, 7) is 6.37. The maximum absolute atomic E-state index is 11.9. The molecule has 0 aromatic heterocycles. The van der Waals surface area contributed by atoms with Gasteiger partial charge in [-0.3, -0.25) is 4.79 Å². The van der Waals surface area contributed by atoms with E-state index in [1.54, 1.807) is 12.0 Å². The van der Waals surface area contributed by atoms with Crippen molar-refractivity contribution in [2.45, 2.75) is 33.1 Å². The molecule has 4 nitrogen and oxygen atoms in total. The molecule has 0 aromatic carbocycles. The Morgan fingerprint density at radius 1 is 1.41 bits per heavy atom. The molecule has 0 aliphatic carbocycles. The van der Waals surface area contributed by atoms with Crippen molar-refractivity contribution in [3.05, 3.63) is 0 Å². The van der Waals surface area contributed by atoms with Crippen LogP contribution in [-0.2, 0) is 9.53 Å². The maximum Gasteiger partial charge on any atom is 0.222 e. The van der Waals surface area contributed by atoms with E-state index in [2.05, 4.69) is 13.8 Å². The zero-order valence-electron chi connectivity index (χ0n) is 11.7. The SMILES string of the molecule is COCCCN(C)C(=O)CC(CN)CC(C)C. The molecule has 0 radical (unpaired) electrons. The average molecular weight is 244 g/mol. The maximum atomic E-state index is 11.9. The molecule has 0 bridgehead atoms. The first-order chi connectivity index (χ1) is 8.01. The third kappa shape index (κ3) is 8.16. The van der Waals surface area contributed by atoms with Crippen LogP contribution >= 0.6 is 0 Å². The fourth-order valence-electron chi connectivity index (χ4n) is 1.90. The van der Waals surface area contributed by atoms with Gasteiger partial charge in [0.05, 0.1) is 0 Å². The standard InChI is InChI=1S/C13H28N2O2/c1-11(2)8-12(10-14)9-13(16)15(3)6-5-7-17-4/h11-12H,5-10,14H2,1-4H3. The van der Waals surface area contributed by atoms with Crippen molar-refractivity contribution in [1.29, 1.82) is 0 Å². The molecule has 102 valence electrons. The van der Waals surface area contributed by atoms with E-state index >= 15 is 0 Å². The van der Waals surface area contributed by atoms with Crippen molar-refractivity contribution in [3.63, 3.8) is 0 Å². The summed E-state index contributed by atoms with van der Waals surface area (Å²) >= 11 is 0. The summed E-state index contributed by atoms with van der Waals surface area (Å²) in [5.41, 5.74) is 5.70. The highest BCUT2D eigenvalue weighted by Gasteiger charge is 2.16. The molecule has 1 unspecified atom stereocenters. The Bertz CT molecular complexity index is 208. The Morgan fingerprint density at radius 2 is 2.06 bits per heavy atom. The van der Waals surface area contributed by atoms with Crippen LogP contribution in [0.15, 0.2) is 0 Å². The smallest absolute Gasteiger partial charge is 0.222 e. The second-order valence-corrected chi connectivity index (χ2v) is 5.10. The molecule has 0 fully saturated rings. The monoisotopic (exact) mass is 244 g/mol. The lowest BCUT2D eigenvalue weighted by atomic mass is 9.94. The number of carbonyl (C=O) groups excluding carboxylic acids is 1. The van der Waals surface area contributed by atoms with Gasteiger partial charge in [-0.2, -0.15) is 0 Å². The van der Waals surface area contributed by atoms with E-state index in [1.807, 2.05) is 7.05 Å². The zero-order chi connectivity index (χ0) is 13.3. The first-order valence-electron chi connectivity index (χ1n) is 6.44. The minimum atomic E-state index is 0.192. The number of methoxy groups -OCH3 is 1. The molecule has 1 atom stereocenters. The summed E-state index contributed by atoms with van der Waals surface area (Å²) in [4.78, 5) is 13.7. The second kappa shape index (κ2) is 9.42. The topological polar surface area (TPSA) is 55.6 Å². The molecule has 0 rings (SSSR count). The third-order valence-corrected chi connectivity index (χ3v) is 2.87. The van der Waals surface area contributed by atoms with E-state index in [9.17, 15) is 4.79 Å². The van der Waals surface area contributed by atoms with Gasteiger partial charge in [-0.1, -0.05) is 13.8 Å². The van der Waals surface area contributed by atoms with E-state index in [-0.39, 0.29) is 5.91 Å². The van der Waals surface area contributed by atoms with Crippen molar-refractivity contribution >= 4 is 5.91 Å². The summed E-state index contributed by atoms with van der Waals surface area (Å²) in [5, 5.41) is 0. The molecule has 0 aromatic rings. The van der Waals surface area contributed by atoms with Gasteiger partial charge < -0.3 is 15.4 Å². The molecule has 1 amide bonds. The molecular formula is C13H28N2O2. The van der Waals surface area contributed by atoms with Crippen LogP contribution in [0.25, 0.3) is 0 Å².